The number of hydrogen-bond donors (Lipinski definition) is 1. The van der Waals surface area contributed by atoms with Crippen LogP contribution in [0.25, 0.3) is 10.6 Å². The van der Waals surface area contributed by atoms with Crippen LogP contribution in [0.1, 0.15) is 16.1 Å². The van der Waals surface area contributed by atoms with Crippen LogP contribution >= 0.6 is 24.0 Å². The SMILES string of the molecule is COCc1nc(-c2ccc(C)cc2)sc1CS. The summed E-state index contributed by atoms with van der Waals surface area (Å²) >= 11 is 6.02. The van der Waals surface area contributed by atoms with Crippen molar-refractivity contribution in [1.29, 1.82) is 0 Å². The molecule has 0 bridgehead atoms. The minimum absolute atomic E-state index is 0.554. The zero-order valence-corrected chi connectivity index (χ0v) is 11.6. The number of methoxy groups -OCH3 is 1. The van der Waals surface area contributed by atoms with Crippen molar-refractivity contribution >= 4 is 24.0 Å². The number of rotatable bonds is 4. The van der Waals surface area contributed by atoms with E-state index in [1.807, 2.05) is 0 Å². The molecular weight excluding hydrogens is 250 g/mol. The smallest absolute Gasteiger partial charge is 0.124 e. The van der Waals surface area contributed by atoms with Crippen LogP contribution < -0.4 is 0 Å². The van der Waals surface area contributed by atoms with Crippen LogP contribution in [-0.2, 0) is 17.1 Å². The maximum Gasteiger partial charge on any atom is 0.124 e. The lowest BCUT2D eigenvalue weighted by atomic mass is 10.2. The second kappa shape index (κ2) is 5.67. The van der Waals surface area contributed by atoms with Crippen molar-refractivity contribution in [3.63, 3.8) is 0 Å². The summed E-state index contributed by atoms with van der Waals surface area (Å²) in [4.78, 5) is 5.80. The molecule has 0 saturated heterocycles. The summed E-state index contributed by atoms with van der Waals surface area (Å²) in [6.45, 7) is 2.64. The molecule has 2 nitrogen and oxygen atoms in total. The van der Waals surface area contributed by atoms with Crippen molar-refractivity contribution in [3.05, 3.63) is 40.4 Å². The summed E-state index contributed by atoms with van der Waals surface area (Å²) in [5.74, 6) is 0.711. The van der Waals surface area contributed by atoms with Gasteiger partial charge in [-0.1, -0.05) is 29.8 Å². The Hall–Kier alpha value is -0.840. The van der Waals surface area contributed by atoms with Crippen LogP contribution in [0.15, 0.2) is 24.3 Å². The van der Waals surface area contributed by atoms with Gasteiger partial charge in [0.1, 0.15) is 5.01 Å². The molecule has 0 aliphatic heterocycles. The van der Waals surface area contributed by atoms with E-state index in [9.17, 15) is 0 Å². The van der Waals surface area contributed by atoms with Gasteiger partial charge in [-0.3, -0.25) is 0 Å². The van der Waals surface area contributed by atoms with Gasteiger partial charge in [0, 0.05) is 23.3 Å². The highest BCUT2D eigenvalue weighted by Crippen LogP contribution is 2.29. The first-order valence-electron chi connectivity index (χ1n) is 5.40. The number of aromatic nitrogens is 1. The topological polar surface area (TPSA) is 22.1 Å². The zero-order chi connectivity index (χ0) is 12.3. The fraction of sp³-hybridized carbons (Fsp3) is 0.308. The van der Waals surface area contributed by atoms with Gasteiger partial charge in [-0.15, -0.1) is 11.3 Å². The highest BCUT2D eigenvalue weighted by atomic mass is 32.1. The van der Waals surface area contributed by atoms with Crippen molar-refractivity contribution in [1.82, 2.24) is 4.98 Å². The van der Waals surface area contributed by atoms with E-state index < -0.39 is 0 Å². The fourth-order valence-corrected chi connectivity index (χ4v) is 2.88. The molecule has 0 aliphatic rings. The Morgan fingerprint density at radius 3 is 2.59 bits per heavy atom. The summed E-state index contributed by atoms with van der Waals surface area (Å²) in [6, 6.07) is 8.42. The van der Waals surface area contributed by atoms with E-state index in [2.05, 4.69) is 48.8 Å². The van der Waals surface area contributed by atoms with Crippen LogP contribution in [0.4, 0.5) is 0 Å². The van der Waals surface area contributed by atoms with Crippen LogP contribution in [-0.4, -0.2) is 12.1 Å². The Bertz CT molecular complexity index is 491. The number of benzene rings is 1. The molecule has 2 rings (SSSR count). The first-order chi connectivity index (χ1) is 8.24. The third-order valence-corrected chi connectivity index (χ3v) is 4.18. The van der Waals surface area contributed by atoms with Gasteiger partial charge in [-0.05, 0) is 6.92 Å². The number of thiazole rings is 1. The molecule has 0 amide bonds. The normalized spacial score (nSPS) is 10.8. The summed E-state index contributed by atoms with van der Waals surface area (Å²) in [6.07, 6.45) is 0. The highest BCUT2D eigenvalue weighted by molar-refractivity contribution is 7.79. The third kappa shape index (κ3) is 2.89. The predicted octanol–water partition coefficient (Wildman–Crippen LogP) is 3.69. The molecule has 1 aromatic carbocycles. The molecule has 4 heteroatoms. The molecule has 0 aliphatic carbocycles. The van der Waals surface area contributed by atoms with Gasteiger partial charge in [0.25, 0.3) is 0 Å². The second-order valence-corrected chi connectivity index (χ2v) is 5.25. The van der Waals surface area contributed by atoms with Crippen molar-refractivity contribution in [2.75, 3.05) is 7.11 Å². The Morgan fingerprint density at radius 1 is 1.29 bits per heavy atom. The molecule has 0 unspecified atom stereocenters. The molecule has 2 aromatic rings. The fourth-order valence-electron chi connectivity index (χ4n) is 1.58. The molecule has 0 spiro atoms. The highest BCUT2D eigenvalue weighted by Gasteiger charge is 2.11. The minimum atomic E-state index is 0.554. The lowest BCUT2D eigenvalue weighted by Gasteiger charge is -1.97. The largest absolute Gasteiger partial charge is 0.378 e. The molecule has 17 heavy (non-hydrogen) atoms. The molecule has 0 N–H and O–H groups in total. The summed E-state index contributed by atoms with van der Waals surface area (Å²) in [7, 11) is 1.69. The van der Waals surface area contributed by atoms with E-state index in [4.69, 9.17) is 4.74 Å². The van der Waals surface area contributed by atoms with E-state index >= 15 is 0 Å². The molecule has 90 valence electrons. The second-order valence-electron chi connectivity index (χ2n) is 3.85. The number of ether oxygens (including phenoxy) is 1. The lowest BCUT2D eigenvalue weighted by molar-refractivity contribution is 0.181. The Kier molecular flexibility index (Phi) is 4.20. The number of thiol groups is 1. The van der Waals surface area contributed by atoms with Gasteiger partial charge in [0.2, 0.25) is 0 Å². The minimum Gasteiger partial charge on any atom is -0.378 e. The average molecular weight is 265 g/mol. The summed E-state index contributed by atoms with van der Waals surface area (Å²) in [5.41, 5.74) is 3.42. The first kappa shape index (κ1) is 12.6. The predicted molar refractivity (Wildman–Crippen MR) is 75.7 cm³/mol. The molecule has 0 fully saturated rings. The van der Waals surface area contributed by atoms with E-state index in [0.29, 0.717) is 12.4 Å². The molecule has 0 saturated carbocycles. The number of nitrogens with zero attached hydrogens (tertiary/aromatic N) is 1. The van der Waals surface area contributed by atoms with Gasteiger partial charge >= 0.3 is 0 Å². The van der Waals surface area contributed by atoms with Gasteiger partial charge in [-0.25, -0.2) is 4.98 Å². The van der Waals surface area contributed by atoms with Crippen LogP contribution in [0.5, 0.6) is 0 Å². The quantitative estimate of drug-likeness (QED) is 0.852. The summed E-state index contributed by atoms with van der Waals surface area (Å²) < 4.78 is 5.15. The van der Waals surface area contributed by atoms with Crippen molar-refractivity contribution < 1.29 is 4.74 Å². The van der Waals surface area contributed by atoms with Gasteiger partial charge in [0.15, 0.2) is 0 Å². The van der Waals surface area contributed by atoms with Crippen LogP contribution in [0.2, 0.25) is 0 Å². The third-order valence-electron chi connectivity index (χ3n) is 2.50. The maximum absolute atomic E-state index is 5.15. The van der Waals surface area contributed by atoms with E-state index in [0.717, 1.165) is 16.3 Å². The van der Waals surface area contributed by atoms with Crippen LogP contribution in [0.3, 0.4) is 0 Å². The van der Waals surface area contributed by atoms with Crippen molar-refractivity contribution in [2.45, 2.75) is 19.3 Å². The van der Waals surface area contributed by atoms with E-state index in [1.54, 1.807) is 18.4 Å². The van der Waals surface area contributed by atoms with Gasteiger partial charge in [-0.2, -0.15) is 12.6 Å². The maximum atomic E-state index is 5.15. The van der Waals surface area contributed by atoms with E-state index in [1.165, 1.54) is 10.4 Å². The standard InChI is InChI=1S/C13H15NOS2/c1-9-3-5-10(6-4-9)13-14-11(7-15-2)12(8-16)17-13/h3-6,16H,7-8H2,1-2H3. The lowest BCUT2D eigenvalue weighted by Crippen LogP contribution is -1.91. The first-order valence-corrected chi connectivity index (χ1v) is 6.85. The van der Waals surface area contributed by atoms with Crippen LogP contribution in [0, 0.1) is 6.92 Å². The van der Waals surface area contributed by atoms with Crippen molar-refractivity contribution in [3.8, 4) is 10.6 Å². The van der Waals surface area contributed by atoms with Crippen molar-refractivity contribution in [2.24, 2.45) is 0 Å². The zero-order valence-electron chi connectivity index (χ0n) is 9.93. The summed E-state index contributed by atoms with van der Waals surface area (Å²) in [5, 5.41) is 1.04. The van der Waals surface area contributed by atoms with Gasteiger partial charge < -0.3 is 4.74 Å². The molecular formula is C13H15NOS2. The number of aryl methyl sites for hydroxylation is 1. The Balaban J connectivity index is 2.35. The molecule has 0 atom stereocenters. The monoisotopic (exact) mass is 265 g/mol. The molecule has 1 heterocycles. The molecule has 0 radical (unpaired) electrons. The van der Waals surface area contributed by atoms with E-state index in [-0.39, 0.29) is 0 Å². The Labute approximate surface area is 111 Å². The molecule has 1 aromatic heterocycles. The average Bonchev–Trinajstić information content (AvgIpc) is 2.74. The van der Waals surface area contributed by atoms with Gasteiger partial charge in [0.05, 0.1) is 12.3 Å². The number of hydrogen-bond acceptors (Lipinski definition) is 4. The Morgan fingerprint density at radius 2 is 2.00 bits per heavy atom.